The number of hydrogen-bond acceptors (Lipinski definition) is 3. The lowest BCUT2D eigenvalue weighted by molar-refractivity contribution is 0.145. The van der Waals surface area contributed by atoms with Crippen molar-refractivity contribution in [2.75, 3.05) is 6.54 Å². The van der Waals surface area contributed by atoms with Crippen LogP contribution in [-0.2, 0) is 6.42 Å². The number of halogens is 1. The van der Waals surface area contributed by atoms with Gasteiger partial charge in [-0.3, -0.25) is 0 Å². The third-order valence-corrected chi connectivity index (χ3v) is 5.02. The Morgan fingerprint density at radius 3 is 2.88 bits per heavy atom. The molecule has 0 atom stereocenters. The first-order valence-corrected chi connectivity index (χ1v) is 7.15. The van der Waals surface area contributed by atoms with Crippen molar-refractivity contribution in [3.8, 4) is 0 Å². The summed E-state index contributed by atoms with van der Waals surface area (Å²) >= 11 is 7.74. The fraction of sp³-hybridized carbons (Fsp3) is 0.462. The molecule has 0 saturated heterocycles. The van der Waals surface area contributed by atoms with E-state index in [1.807, 2.05) is 18.2 Å². The van der Waals surface area contributed by atoms with Gasteiger partial charge in [0.1, 0.15) is 0 Å². The maximum absolute atomic E-state index is 5.99. The maximum Gasteiger partial charge on any atom is 0.0944 e. The topological polar surface area (TPSA) is 38.9 Å². The zero-order valence-electron chi connectivity index (χ0n) is 9.58. The Labute approximate surface area is 110 Å². The van der Waals surface area contributed by atoms with Crippen molar-refractivity contribution < 1.29 is 0 Å². The Bertz CT molecular complexity index is 540. The summed E-state index contributed by atoms with van der Waals surface area (Å²) in [6.07, 6.45) is 4.84. The standard InChI is InChI=1S/C13H15ClN2S/c14-9-2-3-10-11(6-9)17-12(16-10)7-13(8-15)4-1-5-13/h2-3,6H,1,4-5,7-8,15H2. The molecule has 1 aromatic heterocycles. The van der Waals surface area contributed by atoms with Crippen LogP contribution in [0, 0.1) is 5.41 Å². The Kier molecular flexibility index (Phi) is 2.85. The minimum absolute atomic E-state index is 0.331. The maximum atomic E-state index is 5.99. The minimum Gasteiger partial charge on any atom is -0.330 e. The van der Waals surface area contributed by atoms with Gasteiger partial charge in [-0.2, -0.15) is 0 Å². The molecule has 2 N–H and O–H groups in total. The Morgan fingerprint density at radius 1 is 1.41 bits per heavy atom. The molecule has 0 bridgehead atoms. The molecule has 2 nitrogen and oxygen atoms in total. The molecule has 1 heterocycles. The van der Waals surface area contributed by atoms with Crippen LogP contribution < -0.4 is 5.73 Å². The van der Waals surface area contributed by atoms with Gasteiger partial charge < -0.3 is 5.73 Å². The van der Waals surface area contributed by atoms with E-state index in [4.69, 9.17) is 17.3 Å². The largest absolute Gasteiger partial charge is 0.330 e. The zero-order chi connectivity index (χ0) is 11.9. The lowest BCUT2D eigenvalue weighted by Crippen LogP contribution is -2.39. The molecule has 0 amide bonds. The van der Waals surface area contributed by atoms with E-state index < -0.39 is 0 Å². The normalized spacial score (nSPS) is 18.2. The fourth-order valence-electron chi connectivity index (χ4n) is 2.47. The van der Waals surface area contributed by atoms with Crippen LogP contribution in [0.1, 0.15) is 24.3 Å². The number of benzene rings is 1. The van der Waals surface area contributed by atoms with Crippen LogP contribution in [0.2, 0.25) is 5.02 Å². The Balaban J connectivity index is 1.90. The lowest BCUT2D eigenvalue weighted by atomic mass is 9.67. The van der Waals surface area contributed by atoms with Crippen molar-refractivity contribution in [2.24, 2.45) is 11.1 Å². The second kappa shape index (κ2) is 4.23. The van der Waals surface area contributed by atoms with Crippen LogP contribution in [0.25, 0.3) is 10.2 Å². The van der Waals surface area contributed by atoms with Gasteiger partial charge in [0.2, 0.25) is 0 Å². The van der Waals surface area contributed by atoms with Crippen molar-refractivity contribution in [3.05, 3.63) is 28.2 Å². The van der Waals surface area contributed by atoms with Crippen LogP contribution in [0.5, 0.6) is 0 Å². The molecule has 1 aliphatic carbocycles. The van der Waals surface area contributed by atoms with Crippen molar-refractivity contribution in [2.45, 2.75) is 25.7 Å². The summed E-state index contributed by atoms with van der Waals surface area (Å²) in [4.78, 5) is 4.67. The summed E-state index contributed by atoms with van der Waals surface area (Å²) in [6.45, 7) is 0.781. The van der Waals surface area contributed by atoms with Gasteiger partial charge >= 0.3 is 0 Å². The van der Waals surface area contributed by atoms with Gasteiger partial charge in [-0.05, 0) is 43.0 Å². The highest BCUT2D eigenvalue weighted by molar-refractivity contribution is 7.18. The third-order valence-electron chi connectivity index (χ3n) is 3.77. The van der Waals surface area contributed by atoms with E-state index in [9.17, 15) is 0 Å². The highest BCUT2D eigenvalue weighted by atomic mass is 35.5. The Hall–Kier alpha value is -0.640. The Morgan fingerprint density at radius 2 is 2.24 bits per heavy atom. The van der Waals surface area contributed by atoms with Crippen LogP contribution >= 0.6 is 22.9 Å². The van der Waals surface area contributed by atoms with E-state index >= 15 is 0 Å². The van der Waals surface area contributed by atoms with E-state index in [1.54, 1.807) is 11.3 Å². The smallest absolute Gasteiger partial charge is 0.0944 e. The van der Waals surface area contributed by atoms with Gasteiger partial charge in [0.05, 0.1) is 15.2 Å². The summed E-state index contributed by atoms with van der Waals surface area (Å²) in [5.74, 6) is 0. The van der Waals surface area contributed by atoms with Gasteiger partial charge in [-0.15, -0.1) is 11.3 Å². The van der Waals surface area contributed by atoms with E-state index in [0.29, 0.717) is 5.41 Å². The molecule has 0 radical (unpaired) electrons. The molecular weight excluding hydrogens is 252 g/mol. The molecule has 17 heavy (non-hydrogen) atoms. The molecule has 1 aromatic carbocycles. The highest BCUT2D eigenvalue weighted by Crippen LogP contribution is 2.43. The number of hydrogen-bond donors (Lipinski definition) is 1. The van der Waals surface area contributed by atoms with Crippen molar-refractivity contribution in [3.63, 3.8) is 0 Å². The third kappa shape index (κ3) is 2.07. The van der Waals surface area contributed by atoms with Gasteiger partial charge in [0.15, 0.2) is 0 Å². The minimum atomic E-state index is 0.331. The summed E-state index contributed by atoms with van der Waals surface area (Å²) < 4.78 is 1.18. The quantitative estimate of drug-likeness (QED) is 0.922. The average Bonchev–Trinajstić information content (AvgIpc) is 2.65. The summed E-state index contributed by atoms with van der Waals surface area (Å²) in [5, 5.41) is 1.98. The first-order chi connectivity index (χ1) is 8.21. The number of nitrogens with two attached hydrogens (primary N) is 1. The van der Waals surface area contributed by atoms with E-state index in [1.165, 1.54) is 29.0 Å². The summed E-state index contributed by atoms with van der Waals surface area (Å²) in [7, 11) is 0. The number of rotatable bonds is 3. The first-order valence-electron chi connectivity index (χ1n) is 5.96. The molecule has 0 aliphatic heterocycles. The van der Waals surface area contributed by atoms with E-state index in [2.05, 4.69) is 4.98 Å². The van der Waals surface area contributed by atoms with Crippen LogP contribution in [0.3, 0.4) is 0 Å². The molecule has 90 valence electrons. The number of fused-ring (bicyclic) bond motifs is 1. The molecule has 0 spiro atoms. The van der Waals surface area contributed by atoms with Gasteiger partial charge in [-0.1, -0.05) is 18.0 Å². The monoisotopic (exact) mass is 266 g/mol. The SMILES string of the molecule is NCC1(Cc2nc3ccc(Cl)cc3s2)CCC1. The fourth-order valence-corrected chi connectivity index (χ4v) is 3.89. The van der Waals surface area contributed by atoms with Crippen molar-refractivity contribution in [1.29, 1.82) is 0 Å². The van der Waals surface area contributed by atoms with Gasteiger partial charge in [-0.25, -0.2) is 4.98 Å². The van der Waals surface area contributed by atoms with Crippen molar-refractivity contribution in [1.82, 2.24) is 4.98 Å². The predicted molar refractivity (Wildman–Crippen MR) is 73.7 cm³/mol. The molecule has 4 heteroatoms. The van der Waals surface area contributed by atoms with Crippen LogP contribution in [-0.4, -0.2) is 11.5 Å². The molecule has 0 unspecified atom stereocenters. The molecular formula is C13H15ClN2S. The average molecular weight is 267 g/mol. The van der Waals surface area contributed by atoms with Gasteiger partial charge in [0, 0.05) is 11.4 Å². The first kappa shape index (κ1) is 11.5. The molecule has 1 fully saturated rings. The highest BCUT2D eigenvalue weighted by Gasteiger charge is 2.36. The molecule has 1 saturated carbocycles. The second-order valence-corrected chi connectivity index (χ2v) is 6.51. The number of aromatic nitrogens is 1. The number of nitrogens with zero attached hydrogens (tertiary/aromatic N) is 1. The van der Waals surface area contributed by atoms with E-state index in [0.717, 1.165) is 23.5 Å². The molecule has 2 aromatic rings. The predicted octanol–water partition coefficient (Wildman–Crippen LogP) is 3.62. The summed E-state index contributed by atoms with van der Waals surface area (Å²) in [6, 6.07) is 5.89. The van der Waals surface area contributed by atoms with Crippen LogP contribution in [0.15, 0.2) is 18.2 Å². The number of thiazole rings is 1. The lowest BCUT2D eigenvalue weighted by Gasteiger charge is -2.40. The van der Waals surface area contributed by atoms with Gasteiger partial charge in [0.25, 0.3) is 0 Å². The zero-order valence-corrected chi connectivity index (χ0v) is 11.2. The van der Waals surface area contributed by atoms with Crippen molar-refractivity contribution >= 4 is 33.2 Å². The van der Waals surface area contributed by atoms with Crippen LogP contribution in [0.4, 0.5) is 0 Å². The molecule has 1 aliphatic rings. The molecule has 3 rings (SSSR count). The second-order valence-electron chi connectivity index (χ2n) is 4.95. The summed E-state index contributed by atoms with van der Waals surface area (Å²) in [5.41, 5.74) is 7.28. The van der Waals surface area contributed by atoms with E-state index in [-0.39, 0.29) is 0 Å².